The van der Waals surface area contributed by atoms with Crippen LogP contribution >= 0.6 is 12.4 Å². The highest BCUT2D eigenvalue weighted by Crippen LogP contribution is 2.25. The van der Waals surface area contributed by atoms with Gasteiger partial charge in [-0.2, -0.15) is 0 Å². The zero-order chi connectivity index (χ0) is 16.1. The number of rotatable bonds is 5. The van der Waals surface area contributed by atoms with Gasteiger partial charge in [0.25, 0.3) is 5.91 Å². The van der Waals surface area contributed by atoms with E-state index in [9.17, 15) is 4.79 Å². The second kappa shape index (κ2) is 9.14. The van der Waals surface area contributed by atoms with E-state index in [1.807, 2.05) is 13.8 Å². The maximum absolute atomic E-state index is 12.2. The molecule has 1 aromatic carbocycles. The fourth-order valence-electron chi connectivity index (χ4n) is 3.46. The zero-order valence-electron chi connectivity index (χ0n) is 14.4. The van der Waals surface area contributed by atoms with Crippen LogP contribution in [0.15, 0.2) is 12.1 Å². The van der Waals surface area contributed by atoms with E-state index < -0.39 is 0 Å². The van der Waals surface area contributed by atoms with Crippen molar-refractivity contribution in [1.82, 2.24) is 5.32 Å². The van der Waals surface area contributed by atoms with Crippen LogP contribution in [0.2, 0.25) is 0 Å². The number of hydrogen-bond donors (Lipinski definition) is 2. The van der Waals surface area contributed by atoms with Gasteiger partial charge in [0.1, 0.15) is 5.75 Å². The summed E-state index contributed by atoms with van der Waals surface area (Å²) in [5, 5.41) is 3.10. The standard InChI is InChI=1S/C18H28N2O2.ClH/c1-12-8-13(2)18(14(3)9-12)22-11-17(21)20-16-7-5-4-6-15(16)10-19;/h8-9,15-16H,4-7,10-11,19H2,1-3H3,(H,20,21);1H. The Balaban J connectivity index is 0.00000264. The molecule has 1 aliphatic carbocycles. The summed E-state index contributed by atoms with van der Waals surface area (Å²) in [6.07, 6.45) is 4.51. The molecule has 1 aliphatic rings. The van der Waals surface area contributed by atoms with Crippen LogP contribution in [0.25, 0.3) is 0 Å². The van der Waals surface area contributed by atoms with Crippen LogP contribution in [0.5, 0.6) is 5.75 Å². The quantitative estimate of drug-likeness (QED) is 0.865. The van der Waals surface area contributed by atoms with Crippen LogP contribution < -0.4 is 15.8 Å². The molecule has 3 N–H and O–H groups in total. The lowest BCUT2D eigenvalue weighted by Crippen LogP contribution is -2.46. The summed E-state index contributed by atoms with van der Waals surface area (Å²) < 4.78 is 5.75. The van der Waals surface area contributed by atoms with Gasteiger partial charge in [0, 0.05) is 6.04 Å². The van der Waals surface area contributed by atoms with E-state index in [4.69, 9.17) is 10.5 Å². The molecule has 2 atom stereocenters. The Morgan fingerprint density at radius 3 is 2.43 bits per heavy atom. The molecule has 0 radical (unpaired) electrons. The van der Waals surface area contributed by atoms with Crippen LogP contribution in [0, 0.1) is 26.7 Å². The Hall–Kier alpha value is -1.26. The van der Waals surface area contributed by atoms with Crippen molar-refractivity contribution in [3.8, 4) is 5.75 Å². The van der Waals surface area contributed by atoms with Crippen molar-refractivity contribution in [2.45, 2.75) is 52.5 Å². The second-order valence-electron chi connectivity index (χ2n) is 6.47. The first-order valence-electron chi connectivity index (χ1n) is 8.21. The van der Waals surface area contributed by atoms with Crippen molar-refractivity contribution in [2.24, 2.45) is 11.7 Å². The maximum Gasteiger partial charge on any atom is 0.258 e. The zero-order valence-corrected chi connectivity index (χ0v) is 15.2. The number of nitrogens with two attached hydrogens (primary N) is 1. The number of carbonyl (C=O) groups excluding carboxylic acids is 1. The van der Waals surface area contributed by atoms with Crippen molar-refractivity contribution in [3.63, 3.8) is 0 Å². The van der Waals surface area contributed by atoms with Gasteiger partial charge in [-0.1, -0.05) is 30.5 Å². The fraction of sp³-hybridized carbons (Fsp3) is 0.611. The van der Waals surface area contributed by atoms with Crippen LogP contribution in [-0.4, -0.2) is 25.1 Å². The third-order valence-corrected chi connectivity index (χ3v) is 4.51. The lowest BCUT2D eigenvalue weighted by Gasteiger charge is -2.31. The summed E-state index contributed by atoms with van der Waals surface area (Å²) in [6.45, 7) is 6.80. The van der Waals surface area contributed by atoms with Crippen molar-refractivity contribution in [1.29, 1.82) is 0 Å². The van der Waals surface area contributed by atoms with Gasteiger partial charge in [-0.25, -0.2) is 0 Å². The highest BCUT2D eigenvalue weighted by Gasteiger charge is 2.25. The predicted octanol–water partition coefficient (Wildman–Crippen LogP) is 3.05. The first kappa shape index (κ1) is 19.8. The molecule has 0 spiro atoms. The molecule has 1 saturated carbocycles. The van der Waals surface area contributed by atoms with Crippen molar-refractivity contribution in [2.75, 3.05) is 13.2 Å². The van der Waals surface area contributed by atoms with Gasteiger partial charge in [0.2, 0.25) is 0 Å². The molecule has 5 heteroatoms. The Bertz CT molecular complexity index is 511. The predicted molar refractivity (Wildman–Crippen MR) is 96.3 cm³/mol. The lowest BCUT2D eigenvalue weighted by molar-refractivity contribution is -0.124. The van der Waals surface area contributed by atoms with Crippen molar-refractivity contribution in [3.05, 3.63) is 28.8 Å². The summed E-state index contributed by atoms with van der Waals surface area (Å²) in [6, 6.07) is 4.35. The van der Waals surface area contributed by atoms with Gasteiger partial charge in [0.15, 0.2) is 6.61 Å². The summed E-state index contributed by atoms with van der Waals surface area (Å²) in [5.74, 6) is 1.17. The normalized spacial score (nSPS) is 20.5. The monoisotopic (exact) mass is 340 g/mol. The van der Waals surface area contributed by atoms with E-state index in [-0.39, 0.29) is 31.0 Å². The first-order valence-corrected chi connectivity index (χ1v) is 8.21. The molecule has 1 fully saturated rings. The number of benzene rings is 1. The van der Waals surface area contributed by atoms with Crippen LogP contribution in [-0.2, 0) is 4.79 Å². The molecular weight excluding hydrogens is 312 g/mol. The number of amides is 1. The largest absolute Gasteiger partial charge is 0.483 e. The molecule has 0 aliphatic heterocycles. The smallest absolute Gasteiger partial charge is 0.258 e. The van der Waals surface area contributed by atoms with E-state index in [2.05, 4.69) is 24.4 Å². The number of ether oxygens (including phenoxy) is 1. The summed E-state index contributed by atoms with van der Waals surface area (Å²) in [4.78, 5) is 12.2. The fourth-order valence-corrected chi connectivity index (χ4v) is 3.46. The Kier molecular flexibility index (Phi) is 7.86. The molecular formula is C18H29ClN2O2. The van der Waals surface area contributed by atoms with Gasteiger partial charge in [-0.05, 0) is 57.2 Å². The molecule has 0 heterocycles. The highest BCUT2D eigenvalue weighted by molar-refractivity contribution is 5.85. The number of nitrogens with one attached hydrogen (secondary N) is 1. The molecule has 2 unspecified atom stereocenters. The van der Waals surface area contributed by atoms with Gasteiger partial charge in [-0.15, -0.1) is 12.4 Å². The average Bonchev–Trinajstić information content (AvgIpc) is 2.46. The van der Waals surface area contributed by atoms with E-state index in [1.54, 1.807) is 0 Å². The molecule has 0 saturated heterocycles. The number of aryl methyl sites for hydroxylation is 3. The molecule has 2 rings (SSSR count). The van der Waals surface area contributed by atoms with Gasteiger partial charge >= 0.3 is 0 Å². The first-order chi connectivity index (χ1) is 10.5. The number of carbonyl (C=O) groups is 1. The summed E-state index contributed by atoms with van der Waals surface area (Å²) >= 11 is 0. The van der Waals surface area contributed by atoms with E-state index >= 15 is 0 Å². The van der Waals surface area contributed by atoms with E-state index in [0.717, 1.165) is 29.7 Å². The highest BCUT2D eigenvalue weighted by atomic mass is 35.5. The van der Waals surface area contributed by atoms with Crippen LogP contribution in [0.3, 0.4) is 0 Å². The molecule has 0 bridgehead atoms. The molecule has 23 heavy (non-hydrogen) atoms. The van der Waals surface area contributed by atoms with Gasteiger partial charge in [0.05, 0.1) is 0 Å². The maximum atomic E-state index is 12.2. The van der Waals surface area contributed by atoms with Crippen molar-refractivity contribution >= 4 is 18.3 Å². The minimum Gasteiger partial charge on any atom is -0.483 e. The third-order valence-electron chi connectivity index (χ3n) is 4.51. The van der Waals surface area contributed by atoms with Crippen LogP contribution in [0.1, 0.15) is 42.4 Å². The molecule has 1 aromatic rings. The number of hydrogen-bond acceptors (Lipinski definition) is 3. The lowest BCUT2D eigenvalue weighted by atomic mass is 9.84. The van der Waals surface area contributed by atoms with E-state index in [0.29, 0.717) is 12.5 Å². The average molecular weight is 341 g/mol. The Labute approximate surface area is 145 Å². The minimum atomic E-state index is -0.0512. The molecule has 4 nitrogen and oxygen atoms in total. The van der Waals surface area contributed by atoms with E-state index in [1.165, 1.54) is 18.4 Å². The molecule has 130 valence electrons. The summed E-state index contributed by atoms with van der Waals surface area (Å²) in [5.41, 5.74) is 9.16. The molecule has 1 amide bonds. The topological polar surface area (TPSA) is 64.3 Å². The van der Waals surface area contributed by atoms with Gasteiger partial charge in [-0.3, -0.25) is 4.79 Å². The van der Waals surface area contributed by atoms with Crippen molar-refractivity contribution < 1.29 is 9.53 Å². The minimum absolute atomic E-state index is 0. The Morgan fingerprint density at radius 2 is 1.83 bits per heavy atom. The number of halogens is 1. The third kappa shape index (κ3) is 5.40. The molecule has 0 aromatic heterocycles. The van der Waals surface area contributed by atoms with Crippen LogP contribution in [0.4, 0.5) is 0 Å². The summed E-state index contributed by atoms with van der Waals surface area (Å²) in [7, 11) is 0. The Morgan fingerprint density at radius 1 is 1.22 bits per heavy atom. The SMILES string of the molecule is Cc1cc(C)c(OCC(=O)NC2CCCCC2CN)c(C)c1.Cl. The van der Waals surface area contributed by atoms with Gasteiger partial charge < -0.3 is 15.8 Å². The second-order valence-corrected chi connectivity index (χ2v) is 6.47.